The molecule has 0 radical (unpaired) electrons. The van der Waals surface area contributed by atoms with E-state index in [1.165, 1.54) is 6.20 Å². The maximum atomic E-state index is 12.1. The molecule has 3 rings (SSSR count). The lowest BCUT2D eigenvalue weighted by Gasteiger charge is -2.06. The van der Waals surface area contributed by atoms with Crippen molar-refractivity contribution in [2.24, 2.45) is 5.92 Å². The number of alkyl halides is 3. The fraction of sp³-hybridized carbons (Fsp3) is 0.294. The summed E-state index contributed by atoms with van der Waals surface area (Å²) in [6.07, 6.45) is 1.96. The van der Waals surface area contributed by atoms with Gasteiger partial charge in [-0.25, -0.2) is 13.2 Å². The van der Waals surface area contributed by atoms with E-state index in [0.717, 1.165) is 5.56 Å². The minimum Gasteiger partial charge on any atom is -0.475 e. The summed E-state index contributed by atoms with van der Waals surface area (Å²) < 4.78 is 57.9. The fourth-order valence-corrected chi connectivity index (χ4v) is 3.57. The van der Waals surface area contributed by atoms with Gasteiger partial charge in [0, 0.05) is 30.7 Å². The Morgan fingerprint density at radius 1 is 1.14 bits per heavy atom. The van der Waals surface area contributed by atoms with Gasteiger partial charge in [0.05, 0.1) is 5.75 Å². The van der Waals surface area contributed by atoms with E-state index >= 15 is 0 Å². The van der Waals surface area contributed by atoms with Crippen LogP contribution in [-0.2, 0) is 25.4 Å². The Balaban J connectivity index is 0.000000370. The van der Waals surface area contributed by atoms with Gasteiger partial charge in [-0.3, -0.25) is 19.5 Å². The highest BCUT2D eigenvalue weighted by Crippen LogP contribution is 2.47. The van der Waals surface area contributed by atoms with E-state index in [2.05, 4.69) is 14.7 Å². The summed E-state index contributed by atoms with van der Waals surface area (Å²) in [4.78, 5) is 28.8. The first-order valence-corrected chi connectivity index (χ1v) is 9.78. The topological polar surface area (TPSA) is 126 Å². The van der Waals surface area contributed by atoms with Crippen molar-refractivity contribution in [2.75, 3.05) is 0 Å². The van der Waals surface area contributed by atoms with Crippen LogP contribution in [0.15, 0.2) is 49.1 Å². The molecule has 0 bridgehead atoms. The Bertz CT molecular complexity index is 953. The first-order valence-electron chi connectivity index (χ1n) is 8.13. The molecule has 2 N–H and O–H groups in total. The maximum Gasteiger partial charge on any atom is 0.490 e. The van der Waals surface area contributed by atoms with Crippen molar-refractivity contribution in [1.29, 1.82) is 0 Å². The minimum absolute atomic E-state index is 0.0802. The van der Waals surface area contributed by atoms with E-state index in [4.69, 9.17) is 9.90 Å². The van der Waals surface area contributed by atoms with E-state index in [1.54, 1.807) is 30.7 Å². The molecule has 1 aliphatic rings. The average Bonchev–Trinajstić information content (AvgIpc) is 3.43. The van der Waals surface area contributed by atoms with Crippen LogP contribution in [-0.4, -0.2) is 41.5 Å². The Hall–Kier alpha value is -3.02. The number of halogens is 3. The fourth-order valence-electron chi connectivity index (χ4n) is 2.43. The lowest BCUT2D eigenvalue weighted by Crippen LogP contribution is -2.33. The molecule has 1 amide bonds. The normalized spacial score (nSPS) is 18.2. The molecule has 1 fully saturated rings. The SMILES string of the molecule is O=C(NS(=O)(=O)Cc1cccnc1)[C@@H]1C[C@H]1c1ccncc1.O=C(O)C(F)(F)F. The zero-order valence-electron chi connectivity index (χ0n) is 14.7. The van der Waals surface area contributed by atoms with Gasteiger partial charge in [-0.2, -0.15) is 13.2 Å². The van der Waals surface area contributed by atoms with Gasteiger partial charge < -0.3 is 5.11 Å². The van der Waals surface area contributed by atoms with Crippen molar-refractivity contribution in [1.82, 2.24) is 14.7 Å². The molecule has 0 spiro atoms. The molecule has 2 aromatic heterocycles. The van der Waals surface area contributed by atoms with Gasteiger partial charge in [0.2, 0.25) is 15.9 Å². The van der Waals surface area contributed by atoms with Crippen LogP contribution in [0.25, 0.3) is 0 Å². The molecular formula is C17H16F3N3O5S. The Morgan fingerprint density at radius 3 is 2.28 bits per heavy atom. The van der Waals surface area contributed by atoms with E-state index in [-0.39, 0.29) is 17.6 Å². The second-order valence-corrected chi connectivity index (χ2v) is 7.84. The van der Waals surface area contributed by atoms with Gasteiger partial charge in [-0.1, -0.05) is 6.07 Å². The molecular weight excluding hydrogens is 415 g/mol. The first kappa shape index (κ1) is 22.3. The van der Waals surface area contributed by atoms with E-state index in [0.29, 0.717) is 12.0 Å². The summed E-state index contributed by atoms with van der Waals surface area (Å²) in [5.74, 6) is -3.65. The van der Waals surface area contributed by atoms with Gasteiger partial charge in [-0.15, -0.1) is 0 Å². The highest BCUT2D eigenvalue weighted by Gasteiger charge is 2.45. The molecule has 0 saturated heterocycles. The summed E-state index contributed by atoms with van der Waals surface area (Å²) in [5.41, 5.74) is 1.56. The third-order valence-electron chi connectivity index (χ3n) is 3.84. The monoisotopic (exact) mass is 431 g/mol. The van der Waals surface area contributed by atoms with Crippen LogP contribution >= 0.6 is 0 Å². The standard InChI is InChI=1S/C15H15N3O3S.C2HF3O2/c19-15(14-8-13(14)12-3-6-16-7-4-12)18-22(20,21)10-11-2-1-5-17-9-11;3-2(4,5)1(6)7/h1-7,9,13-14H,8,10H2,(H,18,19);(H,6,7)/t13-,14+;/m0./s1. The molecule has 1 aliphatic carbocycles. The largest absolute Gasteiger partial charge is 0.490 e. The number of pyridine rings is 2. The molecule has 2 heterocycles. The smallest absolute Gasteiger partial charge is 0.475 e. The Kier molecular flexibility index (Phi) is 6.90. The number of aliphatic carboxylic acids is 1. The van der Waals surface area contributed by atoms with Gasteiger partial charge in [0.15, 0.2) is 0 Å². The lowest BCUT2D eigenvalue weighted by molar-refractivity contribution is -0.192. The third-order valence-corrected chi connectivity index (χ3v) is 5.07. The molecule has 29 heavy (non-hydrogen) atoms. The van der Waals surface area contributed by atoms with Crippen molar-refractivity contribution >= 4 is 21.9 Å². The van der Waals surface area contributed by atoms with E-state index in [9.17, 15) is 26.4 Å². The van der Waals surface area contributed by atoms with Crippen LogP contribution < -0.4 is 4.72 Å². The predicted octanol–water partition coefficient (Wildman–Crippen LogP) is 1.86. The zero-order valence-corrected chi connectivity index (χ0v) is 15.5. The van der Waals surface area contributed by atoms with E-state index in [1.807, 2.05) is 12.1 Å². The van der Waals surface area contributed by atoms with Crippen LogP contribution in [0.3, 0.4) is 0 Å². The van der Waals surface area contributed by atoms with Crippen molar-refractivity contribution in [2.45, 2.75) is 24.3 Å². The summed E-state index contributed by atoms with van der Waals surface area (Å²) in [6, 6.07) is 7.02. The first-order chi connectivity index (χ1) is 13.5. The van der Waals surface area contributed by atoms with Crippen LogP contribution in [0.2, 0.25) is 0 Å². The molecule has 12 heteroatoms. The van der Waals surface area contributed by atoms with Crippen molar-refractivity contribution < 1.29 is 36.3 Å². The Morgan fingerprint density at radius 2 is 1.76 bits per heavy atom. The number of carbonyl (C=O) groups excluding carboxylic acids is 1. The van der Waals surface area contributed by atoms with Crippen LogP contribution in [0.1, 0.15) is 23.5 Å². The molecule has 156 valence electrons. The average molecular weight is 431 g/mol. The molecule has 1 saturated carbocycles. The summed E-state index contributed by atoms with van der Waals surface area (Å²) >= 11 is 0. The molecule has 0 aliphatic heterocycles. The molecule has 2 atom stereocenters. The molecule has 0 unspecified atom stereocenters. The van der Waals surface area contributed by atoms with Crippen LogP contribution in [0.4, 0.5) is 13.2 Å². The minimum atomic E-state index is -5.08. The highest BCUT2D eigenvalue weighted by molar-refractivity contribution is 7.89. The zero-order chi connectivity index (χ0) is 21.7. The lowest BCUT2D eigenvalue weighted by atomic mass is 10.1. The number of carbonyl (C=O) groups is 2. The molecule has 8 nitrogen and oxygen atoms in total. The van der Waals surface area contributed by atoms with Crippen molar-refractivity contribution in [3.05, 3.63) is 60.2 Å². The number of amides is 1. The number of nitrogens with one attached hydrogen (secondary N) is 1. The van der Waals surface area contributed by atoms with Crippen LogP contribution in [0, 0.1) is 5.92 Å². The van der Waals surface area contributed by atoms with Crippen LogP contribution in [0.5, 0.6) is 0 Å². The molecule has 0 aromatic carbocycles. The highest BCUT2D eigenvalue weighted by atomic mass is 32.2. The number of sulfonamides is 1. The van der Waals surface area contributed by atoms with Gasteiger partial charge in [0.25, 0.3) is 0 Å². The summed E-state index contributed by atoms with van der Waals surface area (Å²) in [7, 11) is -3.70. The number of carboxylic acids is 1. The number of nitrogens with zero attached hydrogens (tertiary/aromatic N) is 2. The van der Waals surface area contributed by atoms with E-state index < -0.39 is 28.1 Å². The predicted molar refractivity (Wildman–Crippen MR) is 93.8 cm³/mol. The second-order valence-electron chi connectivity index (χ2n) is 6.12. The van der Waals surface area contributed by atoms with Gasteiger partial charge in [-0.05, 0) is 41.7 Å². The summed E-state index contributed by atoms with van der Waals surface area (Å²) in [6.45, 7) is 0. The third kappa shape index (κ3) is 7.14. The number of hydrogen-bond acceptors (Lipinski definition) is 6. The second kappa shape index (κ2) is 8.99. The van der Waals surface area contributed by atoms with Gasteiger partial charge >= 0.3 is 12.1 Å². The number of hydrogen-bond donors (Lipinski definition) is 2. The number of rotatable bonds is 5. The van der Waals surface area contributed by atoms with Crippen molar-refractivity contribution in [3.8, 4) is 0 Å². The molecule has 2 aromatic rings. The summed E-state index contributed by atoms with van der Waals surface area (Å²) in [5, 5.41) is 7.12. The quantitative estimate of drug-likeness (QED) is 0.740. The van der Waals surface area contributed by atoms with Gasteiger partial charge in [0.1, 0.15) is 0 Å². The number of carboxylic acid groups (broad SMARTS) is 1. The maximum absolute atomic E-state index is 12.1. The number of aromatic nitrogens is 2. The Labute approximate surface area is 163 Å². The van der Waals surface area contributed by atoms with Crippen molar-refractivity contribution in [3.63, 3.8) is 0 Å².